The van der Waals surface area contributed by atoms with E-state index in [9.17, 15) is 18.0 Å². The van der Waals surface area contributed by atoms with E-state index in [0.29, 0.717) is 12.0 Å². The molecule has 0 bridgehead atoms. The van der Waals surface area contributed by atoms with E-state index in [2.05, 4.69) is 5.32 Å². The second kappa shape index (κ2) is 8.08. The second-order valence-corrected chi connectivity index (χ2v) is 6.18. The largest absolute Gasteiger partial charge is 0.416 e. The Labute approximate surface area is 155 Å². The third-order valence-electron chi connectivity index (χ3n) is 4.24. The van der Waals surface area contributed by atoms with Crippen molar-refractivity contribution < 1.29 is 18.0 Å². The zero-order valence-electron chi connectivity index (χ0n) is 14.5. The van der Waals surface area contributed by atoms with Gasteiger partial charge in [0.1, 0.15) is 0 Å². The van der Waals surface area contributed by atoms with E-state index in [1.807, 2.05) is 42.5 Å². The fourth-order valence-corrected chi connectivity index (χ4v) is 2.86. The van der Waals surface area contributed by atoms with E-state index < -0.39 is 17.6 Å². The standard InChI is InChI=1S/C22H18F3NO/c23-22(24,25)18-10-6-11-19(15-18)26-21(27)20-12-5-4-9-17(20)14-13-16-7-2-1-3-8-16/h1-12,15H,13-14H2,(H,26,27). The molecule has 0 radical (unpaired) electrons. The fraction of sp³-hybridized carbons (Fsp3) is 0.136. The smallest absolute Gasteiger partial charge is 0.322 e. The third-order valence-corrected chi connectivity index (χ3v) is 4.24. The number of hydrogen-bond acceptors (Lipinski definition) is 1. The number of carbonyl (C=O) groups excluding carboxylic acids is 1. The molecule has 0 aliphatic rings. The molecule has 0 saturated heterocycles. The van der Waals surface area contributed by atoms with Crippen molar-refractivity contribution in [1.29, 1.82) is 0 Å². The normalized spacial score (nSPS) is 11.2. The summed E-state index contributed by atoms with van der Waals surface area (Å²) in [7, 11) is 0. The molecule has 1 N–H and O–H groups in total. The molecular weight excluding hydrogens is 351 g/mol. The minimum absolute atomic E-state index is 0.118. The number of hydrogen-bond donors (Lipinski definition) is 1. The highest BCUT2D eigenvalue weighted by Gasteiger charge is 2.30. The van der Waals surface area contributed by atoms with Crippen LogP contribution in [-0.2, 0) is 19.0 Å². The summed E-state index contributed by atoms with van der Waals surface area (Å²) in [6.07, 6.45) is -3.01. The highest BCUT2D eigenvalue weighted by atomic mass is 19.4. The highest BCUT2D eigenvalue weighted by Crippen LogP contribution is 2.30. The van der Waals surface area contributed by atoms with Crippen molar-refractivity contribution >= 4 is 11.6 Å². The van der Waals surface area contributed by atoms with Crippen LogP contribution in [0.4, 0.5) is 18.9 Å². The SMILES string of the molecule is O=C(Nc1cccc(C(F)(F)F)c1)c1ccccc1CCc1ccccc1. The van der Waals surface area contributed by atoms with Crippen LogP contribution in [0.15, 0.2) is 78.9 Å². The first kappa shape index (κ1) is 18.7. The average Bonchev–Trinajstić information content (AvgIpc) is 2.67. The molecule has 1 amide bonds. The van der Waals surface area contributed by atoms with E-state index in [0.717, 1.165) is 29.7 Å². The molecule has 138 valence electrons. The first-order chi connectivity index (χ1) is 12.9. The van der Waals surface area contributed by atoms with Crippen molar-refractivity contribution in [2.45, 2.75) is 19.0 Å². The van der Waals surface area contributed by atoms with Gasteiger partial charge in [0, 0.05) is 11.3 Å². The Morgan fingerprint density at radius 2 is 1.52 bits per heavy atom. The maximum Gasteiger partial charge on any atom is 0.416 e. The third kappa shape index (κ3) is 4.97. The molecule has 5 heteroatoms. The van der Waals surface area contributed by atoms with Gasteiger partial charge in [-0.15, -0.1) is 0 Å². The number of amides is 1. The molecule has 3 aromatic carbocycles. The molecule has 0 atom stereocenters. The van der Waals surface area contributed by atoms with Gasteiger partial charge in [0.2, 0.25) is 0 Å². The van der Waals surface area contributed by atoms with Crippen molar-refractivity contribution in [2.24, 2.45) is 0 Å². The van der Waals surface area contributed by atoms with Crippen LogP contribution in [0.1, 0.15) is 27.0 Å². The first-order valence-corrected chi connectivity index (χ1v) is 8.54. The van der Waals surface area contributed by atoms with Gasteiger partial charge in [0.05, 0.1) is 5.56 Å². The van der Waals surface area contributed by atoms with Crippen LogP contribution in [0.5, 0.6) is 0 Å². The molecule has 0 aliphatic carbocycles. The minimum Gasteiger partial charge on any atom is -0.322 e. The van der Waals surface area contributed by atoms with Gasteiger partial charge >= 0.3 is 6.18 Å². The summed E-state index contributed by atoms with van der Waals surface area (Å²) in [6, 6.07) is 21.7. The van der Waals surface area contributed by atoms with Crippen LogP contribution in [-0.4, -0.2) is 5.91 Å². The predicted octanol–water partition coefficient (Wildman–Crippen LogP) is 5.74. The quantitative estimate of drug-likeness (QED) is 0.610. The lowest BCUT2D eigenvalue weighted by Gasteiger charge is -2.12. The molecule has 0 aromatic heterocycles. The van der Waals surface area contributed by atoms with E-state index in [-0.39, 0.29) is 5.69 Å². The van der Waals surface area contributed by atoms with Gasteiger partial charge in [-0.05, 0) is 48.2 Å². The van der Waals surface area contributed by atoms with Crippen LogP contribution < -0.4 is 5.32 Å². The Morgan fingerprint density at radius 3 is 2.26 bits per heavy atom. The van der Waals surface area contributed by atoms with Gasteiger partial charge in [0.25, 0.3) is 5.91 Å². The minimum atomic E-state index is -4.45. The molecule has 3 rings (SSSR count). The van der Waals surface area contributed by atoms with Gasteiger partial charge < -0.3 is 5.32 Å². The Morgan fingerprint density at radius 1 is 0.815 bits per heavy atom. The number of rotatable bonds is 5. The maximum absolute atomic E-state index is 12.8. The molecule has 0 spiro atoms. The predicted molar refractivity (Wildman–Crippen MR) is 99.7 cm³/mol. The van der Waals surface area contributed by atoms with E-state index in [1.54, 1.807) is 12.1 Å². The zero-order valence-corrected chi connectivity index (χ0v) is 14.5. The number of carbonyl (C=O) groups is 1. The van der Waals surface area contributed by atoms with E-state index in [4.69, 9.17) is 0 Å². The number of benzene rings is 3. The molecule has 0 fully saturated rings. The molecule has 0 unspecified atom stereocenters. The Hall–Kier alpha value is -3.08. The number of aryl methyl sites for hydroxylation is 2. The zero-order chi connectivity index (χ0) is 19.3. The lowest BCUT2D eigenvalue weighted by Crippen LogP contribution is -2.15. The first-order valence-electron chi connectivity index (χ1n) is 8.54. The molecule has 2 nitrogen and oxygen atoms in total. The van der Waals surface area contributed by atoms with Crippen molar-refractivity contribution in [3.63, 3.8) is 0 Å². The van der Waals surface area contributed by atoms with Crippen LogP contribution in [0.3, 0.4) is 0 Å². The Kier molecular flexibility index (Phi) is 5.60. The molecule has 3 aromatic rings. The van der Waals surface area contributed by atoms with Crippen LogP contribution in [0, 0.1) is 0 Å². The lowest BCUT2D eigenvalue weighted by atomic mass is 9.99. The summed E-state index contributed by atoms with van der Waals surface area (Å²) >= 11 is 0. The fourth-order valence-electron chi connectivity index (χ4n) is 2.86. The van der Waals surface area contributed by atoms with Crippen LogP contribution in [0.25, 0.3) is 0 Å². The maximum atomic E-state index is 12.8. The number of halogens is 3. The van der Waals surface area contributed by atoms with Gasteiger partial charge in [-0.3, -0.25) is 4.79 Å². The van der Waals surface area contributed by atoms with Crippen molar-refractivity contribution in [3.8, 4) is 0 Å². The summed E-state index contributed by atoms with van der Waals surface area (Å²) < 4.78 is 38.5. The number of nitrogens with one attached hydrogen (secondary N) is 1. The monoisotopic (exact) mass is 369 g/mol. The van der Waals surface area contributed by atoms with Crippen LogP contribution in [0.2, 0.25) is 0 Å². The summed E-state index contributed by atoms with van der Waals surface area (Å²) in [5.74, 6) is -0.419. The van der Waals surface area contributed by atoms with Crippen molar-refractivity contribution in [3.05, 3.63) is 101 Å². The van der Waals surface area contributed by atoms with E-state index in [1.165, 1.54) is 12.1 Å². The molecular formula is C22H18F3NO. The Balaban J connectivity index is 1.75. The number of alkyl halides is 3. The van der Waals surface area contributed by atoms with Crippen LogP contribution >= 0.6 is 0 Å². The Bertz CT molecular complexity index is 920. The molecule has 0 heterocycles. The topological polar surface area (TPSA) is 29.1 Å². The van der Waals surface area contributed by atoms with Gasteiger partial charge in [-0.25, -0.2) is 0 Å². The highest BCUT2D eigenvalue weighted by molar-refractivity contribution is 6.05. The average molecular weight is 369 g/mol. The molecule has 0 aliphatic heterocycles. The summed E-state index contributed by atoms with van der Waals surface area (Å²) in [5, 5.41) is 2.57. The second-order valence-electron chi connectivity index (χ2n) is 6.18. The van der Waals surface area contributed by atoms with E-state index >= 15 is 0 Å². The van der Waals surface area contributed by atoms with Crippen molar-refractivity contribution in [1.82, 2.24) is 0 Å². The summed E-state index contributed by atoms with van der Waals surface area (Å²) in [5.41, 5.74) is 1.80. The summed E-state index contributed by atoms with van der Waals surface area (Å²) in [6.45, 7) is 0. The van der Waals surface area contributed by atoms with Gasteiger partial charge in [-0.1, -0.05) is 54.6 Å². The molecule has 27 heavy (non-hydrogen) atoms. The summed E-state index contributed by atoms with van der Waals surface area (Å²) in [4.78, 5) is 12.6. The number of anilines is 1. The lowest BCUT2D eigenvalue weighted by molar-refractivity contribution is -0.137. The van der Waals surface area contributed by atoms with Gasteiger partial charge in [0.15, 0.2) is 0 Å². The molecule has 0 saturated carbocycles. The van der Waals surface area contributed by atoms with Gasteiger partial charge in [-0.2, -0.15) is 13.2 Å². The van der Waals surface area contributed by atoms with Crippen molar-refractivity contribution in [2.75, 3.05) is 5.32 Å².